The van der Waals surface area contributed by atoms with Crippen LogP contribution in [0.4, 0.5) is 0 Å². The van der Waals surface area contributed by atoms with Gasteiger partial charge in [-0.3, -0.25) is 9.69 Å². The van der Waals surface area contributed by atoms with Crippen LogP contribution in [0.15, 0.2) is 41.2 Å². The number of pyridine rings is 1. The van der Waals surface area contributed by atoms with Crippen molar-refractivity contribution in [2.45, 2.75) is 78.2 Å². The molecule has 1 saturated heterocycles. The average Bonchev–Trinajstić information content (AvgIpc) is 3.71. The summed E-state index contributed by atoms with van der Waals surface area (Å²) in [4.78, 5) is 18.8. The largest absolute Gasteiger partial charge is 0.454 e. The van der Waals surface area contributed by atoms with E-state index in [0.29, 0.717) is 25.2 Å². The van der Waals surface area contributed by atoms with Crippen LogP contribution in [-0.4, -0.2) is 49.6 Å². The number of H-pyrrole nitrogens is 1. The number of nitrogens with zero attached hydrogens (tertiary/aromatic N) is 5. The maximum absolute atomic E-state index is 13.4. The minimum atomic E-state index is -0.110. The number of rotatable bonds is 10. The quantitative estimate of drug-likeness (QED) is 0.309. The minimum Gasteiger partial charge on any atom is -0.454 e. The zero-order chi connectivity index (χ0) is 27.6. The summed E-state index contributed by atoms with van der Waals surface area (Å²) in [6, 6.07) is 12.1. The van der Waals surface area contributed by atoms with E-state index in [2.05, 4.69) is 57.5 Å². The van der Waals surface area contributed by atoms with Gasteiger partial charge in [-0.05, 0) is 84.3 Å². The Morgan fingerprint density at radius 2 is 2.00 bits per heavy atom. The third-order valence-electron chi connectivity index (χ3n) is 7.83. The van der Waals surface area contributed by atoms with Gasteiger partial charge < -0.3 is 19.2 Å². The van der Waals surface area contributed by atoms with Crippen LogP contribution in [-0.2, 0) is 24.4 Å². The molecule has 0 aliphatic carbocycles. The topological polar surface area (TPSA) is 107 Å². The van der Waals surface area contributed by atoms with Crippen LogP contribution in [0.5, 0.6) is 11.5 Å². The Hall–Kier alpha value is -3.76. The molecular weight excluding hydrogens is 508 g/mol. The zero-order valence-corrected chi connectivity index (χ0v) is 23.4. The van der Waals surface area contributed by atoms with E-state index >= 15 is 0 Å². The van der Waals surface area contributed by atoms with E-state index in [1.54, 1.807) is 0 Å². The molecule has 4 heterocycles. The maximum atomic E-state index is 13.4. The molecule has 10 heteroatoms. The van der Waals surface area contributed by atoms with Crippen LogP contribution in [0, 0.1) is 13.8 Å². The molecule has 0 bridgehead atoms. The Bertz CT molecular complexity index is 1560. The lowest BCUT2D eigenvalue weighted by atomic mass is 10.0. The van der Waals surface area contributed by atoms with E-state index < -0.39 is 0 Å². The summed E-state index contributed by atoms with van der Waals surface area (Å²) in [6.07, 6.45) is 3.94. The summed E-state index contributed by atoms with van der Waals surface area (Å²) in [5.41, 5.74) is 4.80. The average molecular weight is 545 g/mol. The number of benzene rings is 2. The zero-order valence-electron chi connectivity index (χ0n) is 23.4. The van der Waals surface area contributed by atoms with Crippen molar-refractivity contribution in [1.29, 1.82) is 0 Å². The van der Waals surface area contributed by atoms with Gasteiger partial charge in [0, 0.05) is 25.3 Å². The molecule has 2 aliphatic rings. The Morgan fingerprint density at radius 3 is 2.83 bits per heavy atom. The fraction of sp³-hybridized carbons (Fsp3) is 0.467. The van der Waals surface area contributed by atoms with Crippen molar-refractivity contribution in [1.82, 2.24) is 30.1 Å². The molecule has 2 atom stereocenters. The fourth-order valence-corrected chi connectivity index (χ4v) is 5.93. The first-order chi connectivity index (χ1) is 19.5. The van der Waals surface area contributed by atoms with Gasteiger partial charge in [-0.15, -0.1) is 5.10 Å². The molecule has 0 spiro atoms. The van der Waals surface area contributed by atoms with Gasteiger partial charge in [-0.1, -0.05) is 31.0 Å². The van der Waals surface area contributed by atoms with Crippen molar-refractivity contribution in [3.8, 4) is 11.5 Å². The van der Waals surface area contributed by atoms with Gasteiger partial charge in [0.05, 0.1) is 24.2 Å². The molecule has 1 fully saturated rings. The predicted octanol–water partition coefficient (Wildman–Crippen LogP) is 4.58. The first-order valence-electron chi connectivity index (χ1n) is 14.1. The highest BCUT2D eigenvalue weighted by molar-refractivity contribution is 5.82. The molecule has 6 rings (SSSR count). The van der Waals surface area contributed by atoms with Gasteiger partial charge in [0.25, 0.3) is 5.56 Å². The molecule has 0 radical (unpaired) electrons. The Kier molecular flexibility index (Phi) is 7.53. The number of fused-ring (bicyclic) bond motifs is 2. The highest BCUT2D eigenvalue weighted by atomic mass is 16.7. The first kappa shape index (κ1) is 26.5. The van der Waals surface area contributed by atoms with Crippen molar-refractivity contribution >= 4 is 10.9 Å². The van der Waals surface area contributed by atoms with Gasteiger partial charge in [0.2, 0.25) is 6.79 Å². The van der Waals surface area contributed by atoms with E-state index in [1.165, 1.54) is 0 Å². The molecule has 2 aromatic carbocycles. The molecule has 2 aliphatic heterocycles. The second-order valence-electron chi connectivity index (χ2n) is 10.9. The van der Waals surface area contributed by atoms with Gasteiger partial charge in [-0.25, -0.2) is 4.68 Å². The number of nitrogens with one attached hydrogen (secondary N) is 1. The third kappa shape index (κ3) is 5.46. The lowest BCUT2D eigenvalue weighted by Crippen LogP contribution is -2.33. The molecule has 40 heavy (non-hydrogen) atoms. The summed E-state index contributed by atoms with van der Waals surface area (Å²) in [5, 5.41) is 14.0. The molecule has 0 unspecified atom stereocenters. The number of aromatic amines is 1. The van der Waals surface area contributed by atoms with Crippen molar-refractivity contribution in [2.24, 2.45) is 0 Å². The summed E-state index contributed by atoms with van der Waals surface area (Å²) >= 11 is 0. The number of aromatic nitrogens is 5. The fourth-order valence-electron chi connectivity index (χ4n) is 5.93. The number of ether oxygens (including phenoxy) is 3. The molecule has 1 N–H and O–H groups in total. The molecular formula is C30H36N6O4. The molecule has 2 aromatic heterocycles. The summed E-state index contributed by atoms with van der Waals surface area (Å²) in [5.74, 6) is 2.28. The Labute approximate surface area is 233 Å². The number of hydrogen-bond donors (Lipinski definition) is 1. The predicted molar refractivity (Wildman–Crippen MR) is 150 cm³/mol. The second-order valence-corrected chi connectivity index (χ2v) is 10.9. The second kappa shape index (κ2) is 11.4. The van der Waals surface area contributed by atoms with E-state index in [1.807, 2.05) is 29.8 Å². The van der Waals surface area contributed by atoms with E-state index in [4.69, 9.17) is 14.2 Å². The Morgan fingerprint density at radius 1 is 1.12 bits per heavy atom. The van der Waals surface area contributed by atoms with Crippen molar-refractivity contribution in [3.63, 3.8) is 0 Å². The van der Waals surface area contributed by atoms with E-state index in [9.17, 15) is 4.79 Å². The molecule has 0 saturated carbocycles. The van der Waals surface area contributed by atoms with Crippen LogP contribution >= 0.6 is 0 Å². The van der Waals surface area contributed by atoms with Crippen molar-refractivity contribution < 1.29 is 14.2 Å². The Balaban J connectivity index is 1.38. The lowest BCUT2D eigenvalue weighted by molar-refractivity contribution is 0.0885. The van der Waals surface area contributed by atoms with Crippen LogP contribution < -0.4 is 15.0 Å². The lowest BCUT2D eigenvalue weighted by Gasteiger charge is -2.31. The van der Waals surface area contributed by atoms with Crippen LogP contribution in [0.3, 0.4) is 0 Å². The summed E-state index contributed by atoms with van der Waals surface area (Å²) in [7, 11) is 0. The van der Waals surface area contributed by atoms with E-state index in [0.717, 1.165) is 77.2 Å². The van der Waals surface area contributed by atoms with Crippen LogP contribution in [0.25, 0.3) is 10.9 Å². The summed E-state index contributed by atoms with van der Waals surface area (Å²) < 4.78 is 19.0. The van der Waals surface area contributed by atoms with E-state index in [-0.39, 0.29) is 24.5 Å². The third-order valence-corrected chi connectivity index (χ3v) is 7.83. The number of aryl methyl sites for hydroxylation is 2. The van der Waals surface area contributed by atoms with Crippen LogP contribution in [0.1, 0.15) is 66.7 Å². The highest BCUT2D eigenvalue weighted by Gasteiger charge is 2.29. The molecule has 0 amide bonds. The van der Waals surface area contributed by atoms with Crippen molar-refractivity contribution in [2.75, 3.05) is 13.4 Å². The van der Waals surface area contributed by atoms with Gasteiger partial charge in [0.1, 0.15) is 0 Å². The van der Waals surface area contributed by atoms with Gasteiger partial charge >= 0.3 is 0 Å². The molecule has 10 nitrogen and oxygen atoms in total. The number of tetrazole rings is 1. The number of hydrogen-bond acceptors (Lipinski definition) is 8. The standard InChI is InChI=1S/C30H36N6O4/c1-4-6-25(29-32-33-34-36(29)17-24-7-5-10-38-24)35(15-21-8-9-26-27(13-21)40-18-39-26)16-23-14-22-12-19(2)11-20(3)28(22)31-30(23)37/h8-9,11-14,24-25H,4-7,10,15-18H2,1-3H3,(H,31,37)/t24-,25-/m1/s1. The van der Waals surface area contributed by atoms with Gasteiger partial charge in [-0.2, -0.15) is 0 Å². The molecule has 4 aromatic rings. The minimum absolute atomic E-state index is 0.0793. The highest BCUT2D eigenvalue weighted by Crippen LogP contribution is 2.35. The SMILES string of the molecule is CCC[C@H](c1nnnn1C[C@H]1CCCO1)N(Cc1ccc2c(c1)OCO2)Cc1cc2cc(C)cc(C)c2[nH]c1=O. The monoisotopic (exact) mass is 544 g/mol. The van der Waals surface area contributed by atoms with Crippen molar-refractivity contribution in [3.05, 3.63) is 74.8 Å². The van der Waals surface area contributed by atoms with Gasteiger partial charge in [0.15, 0.2) is 17.3 Å². The maximum Gasteiger partial charge on any atom is 0.252 e. The summed E-state index contributed by atoms with van der Waals surface area (Å²) in [6.45, 7) is 8.91. The smallest absolute Gasteiger partial charge is 0.252 e. The first-order valence-corrected chi connectivity index (χ1v) is 14.1. The van der Waals surface area contributed by atoms with Crippen LogP contribution in [0.2, 0.25) is 0 Å². The normalized spacial score (nSPS) is 17.2. The molecule has 210 valence electrons.